The number of unbranched alkanes of at least 4 members (excludes halogenated alkanes) is 2. The topological polar surface area (TPSA) is 93.5 Å². The van der Waals surface area contributed by atoms with E-state index < -0.39 is 16.4 Å². The molecule has 1 amide bonds. The first-order chi connectivity index (χ1) is 14.4. The van der Waals surface area contributed by atoms with Crippen molar-refractivity contribution in [2.24, 2.45) is 0 Å². The Morgan fingerprint density at radius 3 is 2.32 bits per heavy atom. The van der Waals surface area contributed by atoms with E-state index >= 15 is 0 Å². The quantitative estimate of drug-likeness (QED) is 0.276. The smallest absolute Gasteiger partial charge is 0.410 e. The third-order valence-electron chi connectivity index (χ3n) is 4.39. The van der Waals surface area contributed by atoms with Gasteiger partial charge in [0.25, 0.3) is 0 Å². The Kier molecular flexibility index (Phi) is 8.17. The Morgan fingerprint density at radius 2 is 1.77 bits per heavy atom. The lowest BCUT2D eigenvalue weighted by atomic mass is 10.1. The number of ether oxygens (including phenoxy) is 1. The first-order valence-electron chi connectivity index (χ1n) is 10.5. The van der Waals surface area contributed by atoms with Gasteiger partial charge in [0, 0.05) is 23.2 Å². The third-order valence-corrected chi connectivity index (χ3v) is 5.57. The van der Waals surface area contributed by atoms with E-state index in [1.165, 1.54) is 11.8 Å². The zero-order valence-corrected chi connectivity index (χ0v) is 20.0. The van der Waals surface area contributed by atoms with Crippen LogP contribution in [-0.2, 0) is 16.1 Å². The second-order valence-corrected chi connectivity index (χ2v) is 10.6. The molecule has 0 fully saturated rings. The fourth-order valence-electron chi connectivity index (χ4n) is 2.93. The van der Waals surface area contributed by atoms with E-state index in [2.05, 4.69) is 17.2 Å². The second kappa shape index (κ2) is 10.2. The molecular formula is C23H33N3O4S. The lowest BCUT2D eigenvalue weighted by Gasteiger charge is -2.28. The molecule has 1 aromatic carbocycles. The molecule has 2 N–H and O–H groups in total. The van der Waals surface area contributed by atoms with Crippen LogP contribution in [0.2, 0.25) is 0 Å². The number of hydrogen-bond donors (Lipinski definition) is 2. The summed E-state index contributed by atoms with van der Waals surface area (Å²) in [6, 6.07) is 7.77. The molecule has 0 radical (unpaired) electrons. The molecular weight excluding hydrogens is 414 g/mol. The van der Waals surface area contributed by atoms with Crippen molar-refractivity contribution in [2.75, 3.05) is 5.32 Å². The first kappa shape index (κ1) is 24.8. The lowest BCUT2D eigenvalue weighted by molar-refractivity contribution is -0.156. The van der Waals surface area contributed by atoms with Crippen LogP contribution in [0.5, 0.6) is 0 Å². The molecule has 1 aromatic heterocycles. The van der Waals surface area contributed by atoms with E-state index in [9.17, 15) is 9.59 Å². The summed E-state index contributed by atoms with van der Waals surface area (Å²) in [6.07, 6.45) is 3.77. The molecule has 31 heavy (non-hydrogen) atoms. The Labute approximate surface area is 188 Å². The molecule has 0 saturated heterocycles. The number of imidazole rings is 1. The van der Waals surface area contributed by atoms with Gasteiger partial charge in [0.1, 0.15) is 16.2 Å². The SMILES string of the molecule is CCCCCn1cc(NC(=O)O)nc1-c1ccc(SC(C)(C)C(=O)OC(C)(C)C)cc1. The number of aromatic nitrogens is 2. The van der Waals surface area contributed by atoms with Crippen LogP contribution in [0.3, 0.4) is 0 Å². The third kappa shape index (κ3) is 7.61. The maximum absolute atomic E-state index is 12.5. The predicted molar refractivity (Wildman–Crippen MR) is 125 cm³/mol. The zero-order valence-electron chi connectivity index (χ0n) is 19.2. The number of anilines is 1. The van der Waals surface area contributed by atoms with Gasteiger partial charge in [0.15, 0.2) is 5.82 Å². The summed E-state index contributed by atoms with van der Waals surface area (Å²) in [7, 11) is 0. The highest BCUT2D eigenvalue weighted by Gasteiger charge is 2.33. The molecule has 1 heterocycles. The summed E-state index contributed by atoms with van der Waals surface area (Å²) in [5.41, 5.74) is 0.351. The average Bonchev–Trinajstić information content (AvgIpc) is 3.02. The highest BCUT2D eigenvalue weighted by Crippen LogP contribution is 2.35. The van der Waals surface area contributed by atoms with Crippen molar-refractivity contribution >= 4 is 29.6 Å². The van der Waals surface area contributed by atoms with Gasteiger partial charge in [0.2, 0.25) is 0 Å². The van der Waals surface area contributed by atoms with Gasteiger partial charge in [-0.15, -0.1) is 11.8 Å². The maximum Gasteiger partial charge on any atom is 0.410 e. The number of esters is 1. The summed E-state index contributed by atoms with van der Waals surface area (Å²) < 4.78 is 6.79. The van der Waals surface area contributed by atoms with Crippen LogP contribution < -0.4 is 5.32 Å². The van der Waals surface area contributed by atoms with E-state index in [1.54, 1.807) is 6.20 Å². The van der Waals surface area contributed by atoms with Crippen molar-refractivity contribution in [1.29, 1.82) is 0 Å². The summed E-state index contributed by atoms with van der Waals surface area (Å²) in [6.45, 7) is 12.2. The number of rotatable bonds is 9. The number of carboxylic acid groups (broad SMARTS) is 1. The van der Waals surface area contributed by atoms with Gasteiger partial charge in [-0.05, 0) is 53.2 Å². The molecule has 170 valence electrons. The summed E-state index contributed by atoms with van der Waals surface area (Å²) in [4.78, 5) is 28.9. The number of carbonyl (C=O) groups excluding carboxylic acids is 1. The van der Waals surface area contributed by atoms with Gasteiger partial charge >= 0.3 is 12.1 Å². The first-order valence-corrected chi connectivity index (χ1v) is 11.3. The number of thioether (sulfide) groups is 1. The van der Waals surface area contributed by atoms with E-state index in [1.807, 2.05) is 63.5 Å². The molecule has 0 bridgehead atoms. The Bertz CT molecular complexity index is 899. The fraction of sp³-hybridized carbons (Fsp3) is 0.522. The van der Waals surface area contributed by atoms with Gasteiger partial charge in [-0.3, -0.25) is 10.1 Å². The number of hydrogen-bond acceptors (Lipinski definition) is 5. The van der Waals surface area contributed by atoms with Crippen molar-refractivity contribution in [1.82, 2.24) is 9.55 Å². The summed E-state index contributed by atoms with van der Waals surface area (Å²) in [5, 5.41) is 11.3. The van der Waals surface area contributed by atoms with Gasteiger partial charge in [0.05, 0.1) is 0 Å². The molecule has 0 aliphatic heterocycles. The Morgan fingerprint density at radius 1 is 1.13 bits per heavy atom. The average molecular weight is 448 g/mol. The summed E-state index contributed by atoms with van der Waals surface area (Å²) >= 11 is 1.44. The fourth-order valence-corrected chi connectivity index (χ4v) is 3.91. The molecule has 0 saturated carbocycles. The minimum Gasteiger partial charge on any atom is -0.465 e. The molecule has 0 spiro atoms. The number of nitrogens with one attached hydrogen (secondary N) is 1. The van der Waals surface area contributed by atoms with Crippen LogP contribution in [0.1, 0.15) is 60.8 Å². The number of nitrogens with zero attached hydrogens (tertiary/aromatic N) is 2. The Balaban J connectivity index is 2.20. The van der Waals surface area contributed by atoms with Crippen molar-refractivity contribution in [2.45, 2.75) is 82.6 Å². The van der Waals surface area contributed by atoms with Crippen molar-refractivity contribution in [3.8, 4) is 11.4 Å². The zero-order chi connectivity index (χ0) is 23.2. The van der Waals surface area contributed by atoms with Crippen molar-refractivity contribution in [3.63, 3.8) is 0 Å². The predicted octanol–water partition coefficient (Wildman–Crippen LogP) is 6.04. The van der Waals surface area contributed by atoms with Gasteiger partial charge in [-0.2, -0.15) is 0 Å². The van der Waals surface area contributed by atoms with Crippen LogP contribution in [-0.4, -0.2) is 37.1 Å². The highest BCUT2D eigenvalue weighted by atomic mass is 32.2. The normalized spacial score (nSPS) is 11.9. The van der Waals surface area contributed by atoms with Crippen LogP contribution in [0.4, 0.5) is 10.6 Å². The molecule has 0 atom stereocenters. The van der Waals surface area contributed by atoms with Crippen molar-refractivity contribution < 1.29 is 19.4 Å². The van der Waals surface area contributed by atoms with E-state index in [0.29, 0.717) is 11.6 Å². The molecule has 7 nitrogen and oxygen atoms in total. The van der Waals surface area contributed by atoms with Gasteiger partial charge in [-0.25, -0.2) is 9.78 Å². The molecule has 0 aliphatic rings. The van der Waals surface area contributed by atoms with Crippen LogP contribution in [0, 0.1) is 0 Å². The van der Waals surface area contributed by atoms with Crippen molar-refractivity contribution in [3.05, 3.63) is 30.5 Å². The molecule has 2 aromatic rings. The van der Waals surface area contributed by atoms with Gasteiger partial charge < -0.3 is 14.4 Å². The molecule has 2 rings (SSSR count). The van der Waals surface area contributed by atoms with E-state index in [4.69, 9.17) is 9.84 Å². The lowest BCUT2D eigenvalue weighted by Crippen LogP contribution is -2.36. The number of aryl methyl sites for hydroxylation is 1. The minimum atomic E-state index is -1.14. The number of amides is 1. The monoisotopic (exact) mass is 447 g/mol. The van der Waals surface area contributed by atoms with Crippen LogP contribution in [0.15, 0.2) is 35.4 Å². The van der Waals surface area contributed by atoms with Gasteiger partial charge in [-0.1, -0.05) is 31.9 Å². The van der Waals surface area contributed by atoms with Crippen LogP contribution >= 0.6 is 11.8 Å². The van der Waals surface area contributed by atoms with E-state index in [-0.39, 0.29) is 5.97 Å². The Hall–Kier alpha value is -2.48. The van der Waals surface area contributed by atoms with Crippen LogP contribution in [0.25, 0.3) is 11.4 Å². The standard InChI is InChI=1S/C23H33N3O4S/c1-7-8-9-14-26-15-18(25-21(28)29)24-19(26)16-10-12-17(13-11-16)31-23(5,6)20(27)30-22(2,3)4/h10-13,15,25H,7-9,14H2,1-6H3,(H,28,29). The maximum atomic E-state index is 12.5. The number of benzene rings is 1. The molecule has 8 heteroatoms. The van der Waals surface area contributed by atoms with E-state index in [0.717, 1.165) is 36.3 Å². The second-order valence-electron chi connectivity index (χ2n) is 8.92. The number of carbonyl (C=O) groups is 2. The summed E-state index contributed by atoms with van der Waals surface area (Å²) in [5.74, 6) is 0.760. The highest BCUT2D eigenvalue weighted by molar-refractivity contribution is 8.01. The largest absolute Gasteiger partial charge is 0.465 e. The molecule has 0 unspecified atom stereocenters. The molecule has 0 aliphatic carbocycles. The minimum absolute atomic E-state index is 0.259.